The van der Waals surface area contributed by atoms with E-state index in [1.54, 1.807) is 59.7 Å². The van der Waals surface area contributed by atoms with Crippen LogP contribution in [0.15, 0.2) is 79.4 Å². The number of hydrogen-bond donors (Lipinski definition) is 0. The van der Waals surface area contributed by atoms with Crippen LogP contribution < -0.4 is 4.74 Å². The van der Waals surface area contributed by atoms with Crippen molar-refractivity contribution in [2.24, 2.45) is 0 Å². The lowest BCUT2D eigenvalue weighted by Crippen LogP contribution is -2.55. The number of alkyl halides is 2. The molecule has 8 heteroatoms. The Labute approximate surface area is 183 Å². The van der Waals surface area contributed by atoms with Crippen LogP contribution in [-0.2, 0) is 0 Å². The standard InChI is InChI=1S/C24H20F2N4O2/c25-24(26)11-13-29(23(31)18-6-2-4-8-20(18)30-14-12-27-16-30)15-21(24)32-22-10-9-17-5-1-3-7-19(17)28-22/h1-10,12,14,16,21H,11,13,15H2. The monoisotopic (exact) mass is 434 g/mol. The van der Waals surface area contributed by atoms with Crippen molar-refractivity contribution in [1.29, 1.82) is 0 Å². The number of benzene rings is 2. The summed E-state index contributed by atoms with van der Waals surface area (Å²) >= 11 is 0. The van der Waals surface area contributed by atoms with Crippen LogP contribution in [0.4, 0.5) is 8.78 Å². The van der Waals surface area contributed by atoms with E-state index in [1.807, 2.05) is 24.3 Å². The van der Waals surface area contributed by atoms with Crippen LogP contribution in [0.5, 0.6) is 5.88 Å². The lowest BCUT2D eigenvalue weighted by Gasteiger charge is -2.38. The SMILES string of the molecule is O=C(c1ccccc1-n1ccnc1)N1CCC(F)(F)C(Oc2ccc3ccccc3n2)C1. The molecule has 162 valence electrons. The third kappa shape index (κ3) is 3.79. The molecule has 1 aliphatic rings. The number of para-hydroxylation sites is 2. The van der Waals surface area contributed by atoms with Crippen LogP contribution in [0.25, 0.3) is 16.6 Å². The molecular weight excluding hydrogens is 414 g/mol. The topological polar surface area (TPSA) is 60.2 Å². The number of imidazole rings is 1. The molecule has 5 rings (SSSR count). The van der Waals surface area contributed by atoms with Gasteiger partial charge in [0.15, 0.2) is 6.10 Å². The zero-order valence-corrected chi connectivity index (χ0v) is 17.1. The second-order valence-electron chi connectivity index (χ2n) is 7.70. The fourth-order valence-electron chi connectivity index (χ4n) is 3.89. The first kappa shape index (κ1) is 20.1. The highest BCUT2D eigenvalue weighted by Gasteiger charge is 2.47. The number of ether oxygens (including phenoxy) is 1. The molecule has 2 aromatic carbocycles. The van der Waals surface area contributed by atoms with Gasteiger partial charge in [-0.25, -0.2) is 18.7 Å². The van der Waals surface area contributed by atoms with Gasteiger partial charge in [0, 0.05) is 36.8 Å². The van der Waals surface area contributed by atoms with Crippen molar-refractivity contribution in [2.75, 3.05) is 13.1 Å². The summed E-state index contributed by atoms with van der Waals surface area (Å²) in [5, 5.41) is 0.892. The molecule has 0 spiro atoms. The van der Waals surface area contributed by atoms with Crippen molar-refractivity contribution in [3.05, 3.63) is 84.9 Å². The Morgan fingerprint density at radius 2 is 1.88 bits per heavy atom. The van der Waals surface area contributed by atoms with E-state index < -0.39 is 18.4 Å². The Morgan fingerprint density at radius 3 is 2.72 bits per heavy atom. The molecule has 1 unspecified atom stereocenters. The molecule has 6 nitrogen and oxygen atoms in total. The fourth-order valence-corrected chi connectivity index (χ4v) is 3.89. The summed E-state index contributed by atoms with van der Waals surface area (Å²) in [6.45, 7) is -0.298. The van der Waals surface area contributed by atoms with Crippen molar-refractivity contribution in [2.45, 2.75) is 18.4 Å². The largest absolute Gasteiger partial charge is 0.466 e. The summed E-state index contributed by atoms with van der Waals surface area (Å²) in [7, 11) is 0. The van der Waals surface area contributed by atoms with Crippen LogP contribution in [-0.4, -0.2) is 50.5 Å². The van der Waals surface area contributed by atoms with Gasteiger partial charge in [-0.3, -0.25) is 4.79 Å². The average molecular weight is 434 g/mol. The van der Waals surface area contributed by atoms with Crippen molar-refractivity contribution in [3.8, 4) is 11.6 Å². The van der Waals surface area contributed by atoms with Gasteiger partial charge in [0.25, 0.3) is 11.8 Å². The van der Waals surface area contributed by atoms with Crippen LogP contribution in [0.1, 0.15) is 16.8 Å². The molecule has 1 aliphatic heterocycles. The number of aromatic nitrogens is 3. The first-order valence-corrected chi connectivity index (χ1v) is 10.3. The van der Waals surface area contributed by atoms with Crippen LogP contribution in [0.3, 0.4) is 0 Å². The Hall–Kier alpha value is -3.81. The van der Waals surface area contributed by atoms with E-state index in [0.29, 0.717) is 16.8 Å². The molecule has 32 heavy (non-hydrogen) atoms. The normalized spacial score (nSPS) is 17.9. The maximum atomic E-state index is 14.7. The Bertz CT molecular complexity index is 1260. The summed E-state index contributed by atoms with van der Waals surface area (Å²) < 4.78 is 36.8. The summed E-state index contributed by atoms with van der Waals surface area (Å²) in [4.78, 5) is 23.1. The molecule has 0 saturated carbocycles. The lowest BCUT2D eigenvalue weighted by molar-refractivity contribution is -0.131. The highest BCUT2D eigenvalue weighted by Crippen LogP contribution is 2.33. The molecule has 1 atom stereocenters. The van der Waals surface area contributed by atoms with Crippen molar-refractivity contribution < 1.29 is 18.3 Å². The van der Waals surface area contributed by atoms with Gasteiger partial charge in [-0.2, -0.15) is 0 Å². The number of hydrogen-bond acceptors (Lipinski definition) is 4. The van der Waals surface area contributed by atoms with Gasteiger partial charge in [0.1, 0.15) is 0 Å². The number of nitrogens with zero attached hydrogens (tertiary/aromatic N) is 4. The minimum atomic E-state index is -3.08. The van der Waals surface area contributed by atoms with Crippen LogP contribution in [0, 0.1) is 0 Å². The number of carbonyl (C=O) groups is 1. The van der Waals surface area contributed by atoms with E-state index in [0.717, 1.165) is 5.39 Å². The molecular formula is C24H20F2N4O2. The van der Waals surface area contributed by atoms with Gasteiger partial charge in [0.05, 0.1) is 29.6 Å². The number of piperidine rings is 1. The third-order valence-electron chi connectivity index (χ3n) is 5.61. The molecule has 0 N–H and O–H groups in total. The quantitative estimate of drug-likeness (QED) is 0.479. The summed E-state index contributed by atoms with van der Waals surface area (Å²) in [5.74, 6) is -3.29. The highest BCUT2D eigenvalue weighted by atomic mass is 19.3. The molecule has 0 radical (unpaired) electrons. The molecule has 4 aromatic rings. The second kappa shape index (κ2) is 8.03. The number of amides is 1. The zero-order valence-electron chi connectivity index (χ0n) is 17.1. The zero-order chi connectivity index (χ0) is 22.1. The molecule has 2 aromatic heterocycles. The van der Waals surface area contributed by atoms with Crippen molar-refractivity contribution in [3.63, 3.8) is 0 Å². The lowest BCUT2D eigenvalue weighted by atomic mass is 10.0. The van der Waals surface area contributed by atoms with Gasteiger partial charge in [-0.15, -0.1) is 0 Å². The van der Waals surface area contributed by atoms with Gasteiger partial charge < -0.3 is 14.2 Å². The number of rotatable bonds is 4. The second-order valence-corrected chi connectivity index (χ2v) is 7.70. The van der Waals surface area contributed by atoms with E-state index in [2.05, 4.69) is 9.97 Å². The third-order valence-corrected chi connectivity index (χ3v) is 5.61. The fraction of sp³-hybridized carbons (Fsp3) is 0.208. The van der Waals surface area contributed by atoms with E-state index in [-0.39, 0.29) is 24.9 Å². The number of carbonyl (C=O) groups excluding carboxylic acids is 1. The first-order chi connectivity index (χ1) is 15.5. The first-order valence-electron chi connectivity index (χ1n) is 10.3. The molecule has 0 aliphatic carbocycles. The molecule has 3 heterocycles. The molecule has 1 amide bonds. The summed E-state index contributed by atoms with van der Waals surface area (Å²) in [6.07, 6.45) is 2.96. The average Bonchev–Trinajstić information content (AvgIpc) is 3.35. The maximum Gasteiger partial charge on any atom is 0.287 e. The predicted molar refractivity (Wildman–Crippen MR) is 115 cm³/mol. The number of pyridine rings is 1. The van der Waals surface area contributed by atoms with E-state index >= 15 is 0 Å². The van der Waals surface area contributed by atoms with Crippen LogP contribution in [0.2, 0.25) is 0 Å². The molecule has 1 fully saturated rings. The van der Waals surface area contributed by atoms with E-state index in [1.165, 1.54) is 4.90 Å². The van der Waals surface area contributed by atoms with Crippen molar-refractivity contribution in [1.82, 2.24) is 19.4 Å². The number of halogens is 2. The number of fused-ring (bicyclic) bond motifs is 1. The summed E-state index contributed by atoms with van der Waals surface area (Å²) in [5.41, 5.74) is 1.71. The minimum Gasteiger partial charge on any atom is -0.466 e. The molecule has 0 bridgehead atoms. The van der Waals surface area contributed by atoms with Gasteiger partial charge in [0.2, 0.25) is 5.88 Å². The van der Waals surface area contributed by atoms with Gasteiger partial charge in [-0.05, 0) is 24.3 Å². The smallest absolute Gasteiger partial charge is 0.287 e. The summed E-state index contributed by atoms with van der Waals surface area (Å²) in [6, 6.07) is 17.8. The van der Waals surface area contributed by atoms with E-state index in [9.17, 15) is 13.6 Å². The van der Waals surface area contributed by atoms with Crippen molar-refractivity contribution >= 4 is 16.8 Å². The molecule has 1 saturated heterocycles. The highest BCUT2D eigenvalue weighted by molar-refractivity contribution is 5.98. The minimum absolute atomic E-state index is 0.0604. The Balaban J connectivity index is 1.39. The van der Waals surface area contributed by atoms with Crippen LogP contribution >= 0.6 is 0 Å². The maximum absolute atomic E-state index is 14.7. The Morgan fingerprint density at radius 1 is 1.06 bits per heavy atom. The van der Waals surface area contributed by atoms with Gasteiger partial charge in [-0.1, -0.05) is 30.3 Å². The van der Waals surface area contributed by atoms with E-state index in [4.69, 9.17) is 4.74 Å². The predicted octanol–water partition coefficient (Wildman–Crippen LogP) is 4.35. The Kier molecular flexibility index (Phi) is 5.05. The number of likely N-dealkylation sites (tertiary alicyclic amines) is 1. The van der Waals surface area contributed by atoms with Gasteiger partial charge >= 0.3 is 0 Å².